The molecule has 9 heteroatoms. The molecule has 152 valence electrons. The minimum Gasteiger partial charge on any atom is -0.468 e. The molecule has 0 aliphatic heterocycles. The van der Waals surface area contributed by atoms with Gasteiger partial charge < -0.3 is 4.74 Å². The maximum atomic E-state index is 13.2. The van der Waals surface area contributed by atoms with Crippen molar-refractivity contribution in [3.63, 3.8) is 0 Å². The van der Waals surface area contributed by atoms with Gasteiger partial charge in [0.15, 0.2) is 0 Å². The average Bonchev–Trinajstić information content (AvgIpc) is 2.70. The van der Waals surface area contributed by atoms with Crippen molar-refractivity contribution in [2.24, 2.45) is 0 Å². The van der Waals surface area contributed by atoms with E-state index in [1.165, 1.54) is 12.1 Å². The van der Waals surface area contributed by atoms with Crippen LogP contribution in [0.15, 0.2) is 71.6 Å². The number of hydrogen-bond acceptors (Lipinski definition) is 4. The summed E-state index contributed by atoms with van der Waals surface area (Å²) < 4.78 is 70.2. The van der Waals surface area contributed by atoms with Crippen LogP contribution in [-0.2, 0) is 25.7 Å². The zero-order valence-corrected chi connectivity index (χ0v) is 16.0. The minimum absolute atomic E-state index is 0.0865. The summed E-state index contributed by atoms with van der Waals surface area (Å²) in [4.78, 5) is 11.7. The molecular formula is C20H16F3NO4S. The van der Waals surface area contributed by atoms with E-state index < -0.39 is 34.3 Å². The predicted molar refractivity (Wildman–Crippen MR) is 102 cm³/mol. The first kappa shape index (κ1) is 20.7. The fraction of sp³-hybridized carbons (Fsp3) is 0.150. The van der Waals surface area contributed by atoms with E-state index in [9.17, 15) is 26.4 Å². The Labute approximate surface area is 165 Å². The molecule has 29 heavy (non-hydrogen) atoms. The van der Waals surface area contributed by atoms with Crippen LogP contribution in [0, 0.1) is 0 Å². The van der Waals surface area contributed by atoms with Gasteiger partial charge in [-0.05, 0) is 47.2 Å². The third-order valence-electron chi connectivity index (χ3n) is 4.29. The van der Waals surface area contributed by atoms with Gasteiger partial charge in [-0.1, -0.05) is 30.3 Å². The number of hydrogen-bond donors (Lipinski definition) is 0. The molecule has 3 aromatic rings. The molecule has 0 unspecified atom stereocenters. The van der Waals surface area contributed by atoms with Crippen LogP contribution in [-0.4, -0.2) is 28.0 Å². The van der Waals surface area contributed by atoms with Gasteiger partial charge in [-0.15, -0.1) is 0 Å². The lowest BCUT2D eigenvalue weighted by molar-refractivity contribution is -0.139. The minimum atomic E-state index is -4.57. The number of benzene rings is 3. The fourth-order valence-electron chi connectivity index (χ4n) is 2.77. The number of nitrogens with zero attached hydrogens (tertiary/aromatic N) is 1. The Balaban J connectivity index is 2.08. The Kier molecular flexibility index (Phi) is 5.52. The van der Waals surface area contributed by atoms with Crippen molar-refractivity contribution in [3.05, 3.63) is 72.3 Å². The number of ether oxygens (including phenoxy) is 1. The molecule has 0 atom stereocenters. The summed E-state index contributed by atoms with van der Waals surface area (Å²) >= 11 is 0. The SMILES string of the molecule is COC(=O)CN(c1ccc(C(F)(F)F)cc1)S(=O)(=O)c1ccc2ccccc2c1. The molecule has 0 amide bonds. The van der Waals surface area contributed by atoms with E-state index >= 15 is 0 Å². The van der Waals surface area contributed by atoms with Crippen molar-refractivity contribution in [2.75, 3.05) is 18.0 Å². The molecule has 0 spiro atoms. The highest BCUT2D eigenvalue weighted by Gasteiger charge is 2.32. The molecule has 0 saturated carbocycles. The van der Waals surface area contributed by atoms with Gasteiger partial charge in [0.2, 0.25) is 0 Å². The molecule has 0 aliphatic carbocycles. The zero-order valence-electron chi connectivity index (χ0n) is 15.2. The largest absolute Gasteiger partial charge is 0.468 e. The van der Waals surface area contributed by atoms with Crippen molar-refractivity contribution in [3.8, 4) is 0 Å². The van der Waals surface area contributed by atoms with Crippen molar-refractivity contribution < 1.29 is 31.1 Å². The Bertz CT molecular complexity index is 1140. The van der Waals surface area contributed by atoms with Gasteiger partial charge in [0.05, 0.1) is 23.3 Å². The number of rotatable bonds is 5. The predicted octanol–water partition coefficient (Wildman–Crippen LogP) is 4.23. The summed E-state index contributed by atoms with van der Waals surface area (Å²) in [5.41, 5.74) is -1.01. The topological polar surface area (TPSA) is 63.7 Å². The number of carbonyl (C=O) groups is 1. The van der Waals surface area contributed by atoms with Crippen LogP contribution in [0.4, 0.5) is 18.9 Å². The standard InChI is InChI=1S/C20H16F3NO4S/c1-28-19(25)13-24(17-9-7-16(8-10-17)20(21,22)23)29(26,27)18-11-6-14-4-2-3-5-15(14)12-18/h2-12H,13H2,1H3. The lowest BCUT2D eigenvalue weighted by Crippen LogP contribution is -2.36. The molecule has 0 radical (unpaired) electrons. The van der Waals surface area contributed by atoms with Gasteiger partial charge in [-0.3, -0.25) is 9.10 Å². The Morgan fingerprint density at radius 2 is 1.59 bits per heavy atom. The molecule has 3 aromatic carbocycles. The third kappa shape index (κ3) is 4.34. The van der Waals surface area contributed by atoms with E-state index in [-0.39, 0.29) is 10.6 Å². The Morgan fingerprint density at radius 1 is 0.966 bits per heavy atom. The number of sulfonamides is 1. The molecular weight excluding hydrogens is 407 g/mol. The van der Waals surface area contributed by atoms with E-state index in [2.05, 4.69) is 4.74 Å². The molecule has 3 rings (SSSR count). The molecule has 5 nitrogen and oxygen atoms in total. The summed E-state index contributed by atoms with van der Waals surface area (Å²) in [5.74, 6) is -0.853. The van der Waals surface area contributed by atoms with Gasteiger partial charge in [0.1, 0.15) is 6.54 Å². The summed E-state index contributed by atoms with van der Waals surface area (Å²) in [6, 6.07) is 15.1. The quantitative estimate of drug-likeness (QED) is 0.577. The van der Waals surface area contributed by atoms with Crippen LogP contribution < -0.4 is 4.31 Å². The molecule has 0 fully saturated rings. The normalized spacial score (nSPS) is 12.0. The second kappa shape index (κ2) is 7.75. The highest BCUT2D eigenvalue weighted by Crippen LogP contribution is 2.32. The van der Waals surface area contributed by atoms with Crippen LogP contribution in [0.3, 0.4) is 0 Å². The molecule has 0 aliphatic rings. The number of carbonyl (C=O) groups excluding carboxylic acids is 1. The fourth-order valence-corrected chi connectivity index (χ4v) is 4.21. The second-order valence-electron chi connectivity index (χ2n) is 6.14. The van der Waals surface area contributed by atoms with Crippen molar-refractivity contribution in [2.45, 2.75) is 11.1 Å². The van der Waals surface area contributed by atoms with E-state index in [1.54, 1.807) is 18.2 Å². The van der Waals surface area contributed by atoms with E-state index in [4.69, 9.17) is 0 Å². The van der Waals surface area contributed by atoms with E-state index in [0.29, 0.717) is 5.39 Å². The first-order chi connectivity index (χ1) is 13.6. The molecule has 0 heterocycles. The zero-order chi connectivity index (χ0) is 21.2. The third-order valence-corrected chi connectivity index (χ3v) is 6.06. The average molecular weight is 423 g/mol. The Morgan fingerprint density at radius 3 is 2.17 bits per heavy atom. The van der Waals surface area contributed by atoms with Crippen molar-refractivity contribution >= 4 is 32.5 Å². The van der Waals surface area contributed by atoms with E-state index in [1.807, 2.05) is 12.1 Å². The van der Waals surface area contributed by atoms with Crippen LogP contribution in [0.2, 0.25) is 0 Å². The number of esters is 1. The van der Waals surface area contributed by atoms with Crippen LogP contribution >= 0.6 is 0 Å². The molecule has 0 saturated heterocycles. The first-order valence-electron chi connectivity index (χ1n) is 8.38. The van der Waals surface area contributed by atoms with Crippen LogP contribution in [0.5, 0.6) is 0 Å². The first-order valence-corrected chi connectivity index (χ1v) is 9.82. The van der Waals surface area contributed by atoms with Gasteiger partial charge in [-0.25, -0.2) is 8.42 Å². The number of fused-ring (bicyclic) bond motifs is 1. The monoisotopic (exact) mass is 423 g/mol. The van der Waals surface area contributed by atoms with Crippen molar-refractivity contribution in [1.82, 2.24) is 0 Å². The van der Waals surface area contributed by atoms with E-state index in [0.717, 1.165) is 41.1 Å². The van der Waals surface area contributed by atoms with Gasteiger partial charge in [0, 0.05) is 0 Å². The molecule has 0 N–H and O–H groups in total. The maximum Gasteiger partial charge on any atom is 0.416 e. The number of anilines is 1. The second-order valence-corrected chi connectivity index (χ2v) is 8.00. The van der Waals surface area contributed by atoms with Gasteiger partial charge >= 0.3 is 12.1 Å². The molecule has 0 aromatic heterocycles. The van der Waals surface area contributed by atoms with Gasteiger partial charge in [0.25, 0.3) is 10.0 Å². The lowest BCUT2D eigenvalue weighted by Gasteiger charge is -2.24. The summed E-state index contributed by atoms with van der Waals surface area (Å²) in [6.07, 6.45) is -4.57. The summed E-state index contributed by atoms with van der Waals surface area (Å²) in [5, 5.41) is 1.49. The number of halogens is 3. The number of methoxy groups -OCH3 is 1. The lowest BCUT2D eigenvalue weighted by atomic mass is 10.1. The number of alkyl halides is 3. The van der Waals surface area contributed by atoms with Crippen molar-refractivity contribution in [1.29, 1.82) is 0 Å². The Hall–Kier alpha value is -3.07. The molecule has 0 bridgehead atoms. The van der Waals surface area contributed by atoms with Crippen LogP contribution in [0.1, 0.15) is 5.56 Å². The summed E-state index contributed by atoms with van der Waals surface area (Å²) in [7, 11) is -3.15. The van der Waals surface area contributed by atoms with Crippen LogP contribution in [0.25, 0.3) is 10.8 Å². The smallest absolute Gasteiger partial charge is 0.416 e. The highest BCUT2D eigenvalue weighted by atomic mass is 32.2. The van der Waals surface area contributed by atoms with Gasteiger partial charge in [-0.2, -0.15) is 13.2 Å². The summed E-state index contributed by atoms with van der Waals surface area (Å²) in [6.45, 7) is -0.684. The highest BCUT2D eigenvalue weighted by molar-refractivity contribution is 7.92. The maximum absolute atomic E-state index is 13.2.